The Kier molecular flexibility index (Phi) is 7.99. The average molecular weight is 493 g/mol. The monoisotopic (exact) mass is 492 g/mol. The molecular weight excluding hydrogens is 456 g/mol. The molecule has 1 saturated heterocycles. The van der Waals surface area contributed by atoms with Crippen molar-refractivity contribution in [2.75, 3.05) is 32.8 Å². The number of carbonyl (C=O) groups is 2. The molecule has 2 aromatic carbocycles. The second-order valence-corrected chi connectivity index (χ2v) is 9.33. The highest BCUT2D eigenvalue weighted by Gasteiger charge is 2.46. The predicted molar refractivity (Wildman–Crippen MR) is 139 cm³/mol. The molecule has 0 bridgehead atoms. The summed E-state index contributed by atoms with van der Waals surface area (Å²) in [5, 5.41) is 11.4. The van der Waals surface area contributed by atoms with Crippen molar-refractivity contribution in [2.24, 2.45) is 0 Å². The highest BCUT2D eigenvalue weighted by molar-refractivity contribution is 6.46. The topological polar surface area (TPSA) is 79.3 Å². The third-order valence-electron chi connectivity index (χ3n) is 6.96. The van der Waals surface area contributed by atoms with Crippen LogP contribution in [0.2, 0.25) is 0 Å². The van der Waals surface area contributed by atoms with Gasteiger partial charge in [-0.2, -0.15) is 0 Å². The van der Waals surface area contributed by atoms with Crippen molar-refractivity contribution in [3.8, 4) is 11.5 Å². The van der Waals surface area contributed by atoms with Gasteiger partial charge in [0.1, 0.15) is 23.4 Å². The third-order valence-corrected chi connectivity index (χ3v) is 6.96. The minimum atomic E-state index is -0.689. The van der Waals surface area contributed by atoms with Crippen LogP contribution in [0.4, 0.5) is 0 Å². The van der Waals surface area contributed by atoms with Gasteiger partial charge in [0.05, 0.1) is 18.2 Å². The summed E-state index contributed by atoms with van der Waals surface area (Å²) in [6.45, 7) is 11.7. The summed E-state index contributed by atoms with van der Waals surface area (Å²) < 4.78 is 11.5. The number of amides is 1. The van der Waals surface area contributed by atoms with Crippen molar-refractivity contribution >= 4 is 17.4 Å². The number of ether oxygens (including phenoxy) is 2. The third kappa shape index (κ3) is 5.12. The Morgan fingerprint density at radius 1 is 1.14 bits per heavy atom. The number of hydrogen-bond donors (Lipinski definition) is 1. The van der Waals surface area contributed by atoms with Gasteiger partial charge in [-0.15, -0.1) is 0 Å². The van der Waals surface area contributed by atoms with Gasteiger partial charge in [-0.1, -0.05) is 26.0 Å². The van der Waals surface area contributed by atoms with E-state index in [1.807, 2.05) is 50.2 Å². The Balaban J connectivity index is 1.75. The molecule has 0 aliphatic carbocycles. The normalized spacial score (nSPS) is 20.6. The Bertz CT molecular complexity index is 1150. The van der Waals surface area contributed by atoms with Crippen molar-refractivity contribution in [2.45, 2.75) is 52.7 Å². The quantitative estimate of drug-likeness (QED) is 0.298. The Hall–Kier alpha value is -3.32. The van der Waals surface area contributed by atoms with Gasteiger partial charge in [0, 0.05) is 18.5 Å². The van der Waals surface area contributed by atoms with Crippen LogP contribution in [0.15, 0.2) is 48.0 Å². The summed E-state index contributed by atoms with van der Waals surface area (Å²) in [4.78, 5) is 30.5. The summed E-state index contributed by atoms with van der Waals surface area (Å²) >= 11 is 0. The van der Waals surface area contributed by atoms with E-state index < -0.39 is 17.7 Å². The standard InChI is InChI=1S/C29H36N2O5/c1-5-30(6-2)14-9-15-31-26(20-10-8-11-23(18-20)35-7-3)25(28(33)29(31)34)27(32)21-12-13-24-22(17-21)16-19(4)36-24/h8,10-13,17-19,26,32H,5-7,9,14-16H2,1-4H3/t19-,26+/m1/s1. The molecular formula is C29H36N2O5. The molecule has 0 radical (unpaired) electrons. The van der Waals surface area contributed by atoms with Crippen LogP contribution in [-0.2, 0) is 16.0 Å². The van der Waals surface area contributed by atoms with E-state index in [-0.39, 0.29) is 17.4 Å². The van der Waals surface area contributed by atoms with Gasteiger partial charge >= 0.3 is 0 Å². The highest BCUT2D eigenvalue weighted by atomic mass is 16.5. The van der Waals surface area contributed by atoms with E-state index in [1.54, 1.807) is 11.0 Å². The average Bonchev–Trinajstić information content (AvgIpc) is 3.37. The van der Waals surface area contributed by atoms with Crippen LogP contribution in [0.5, 0.6) is 11.5 Å². The number of likely N-dealkylation sites (tertiary alicyclic amines) is 1. The van der Waals surface area contributed by atoms with E-state index in [4.69, 9.17) is 9.47 Å². The molecule has 7 heteroatoms. The molecule has 2 aromatic rings. The maximum Gasteiger partial charge on any atom is 0.295 e. The van der Waals surface area contributed by atoms with Gasteiger partial charge in [0.25, 0.3) is 11.7 Å². The van der Waals surface area contributed by atoms with Crippen LogP contribution in [0, 0.1) is 0 Å². The van der Waals surface area contributed by atoms with E-state index in [0.29, 0.717) is 24.5 Å². The number of benzene rings is 2. The molecule has 0 spiro atoms. The molecule has 4 rings (SSSR count). The summed E-state index contributed by atoms with van der Waals surface area (Å²) in [7, 11) is 0. The van der Waals surface area contributed by atoms with Crippen LogP contribution in [0.3, 0.4) is 0 Å². The molecule has 2 heterocycles. The summed E-state index contributed by atoms with van der Waals surface area (Å²) in [6.07, 6.45) is 1.52. The first-order valence-corrected chi connectivity index (χ1v) is 12.9. The first-order valence-electron chi connectivity index (χ1n) is 12.9. The maximum absolute atomic E-state index is 13.3. The van der Waals surface area contributed by atoms with Crippen molar-refractivity contribution in [1.82, 2.24) is 9.80 Å². The van der Waals surface area contributed by atoms with Crippen molar-refractivity contribution in [3.05, 3.63) is 64.7 Å². The van der Waals surface area contributed by atoms with Gasteiger partial charge in [-0.3, -0.25) is 9.59 Å². The molecule has 2 atom stereocenters. The lowest BCUT2D eigenvalue weighted by atomic mass is 9.94. The van der Waals surface area contributed by atoms with E-state index in [9.17, 15) is 14.7 Å². The number of nitrogens with zero attached hydrogens (tertiary/aromatic N) is 2. The molecule has 2 aliphatic rings. The predicted octanol–water partition coefficient (Wildman–Crippen LogP) is 4.56. The number of carbonyl (C=O) groups excluding carboxylic acids is 2. The fraction of sp³-hybridized carbons (Fsp3) is 0.448. The Morgan fingerprint density at radius 3 is 2.64 bits per heavy atom. The van der Waals surface area contributed by atoms with Gasteiger partial charge in [-0.25, -0.2) is 0 Å². The van der Waals surface area contributed by atoms with Gasteiger partial charge < -0.3 is 24.4 Å². The highest BCUT2D eigenvalue weighted by Crippen LogP contribution is 2.41. The number of hydrogen-bond acceptors (Lipinski definition) is 6. The Morgan fingerprint density at radius 2 is 1.92 bits per heavy atom. The first-order chi connectivity index (χ1) is 17.4. The van der Waals surface area contributed by atoms with Crippen molar-refractivity contribution in [3.63, 3.8) is 0 Å². The van der Waals surface area contributed by atoms with Crippen LogP contribution in [0.1, 0.15) is 56.8 Å². The lowest BCUT2D eigenvalue weighted by Gasteiger charge is -2.27. The van der Waals surface area contributed by atoms with E-state index in [2.05, 4.69) is 18.7 Å². The van der Waals surface area contributed by atoms with E-state index in [1.165, 1.54) is 0 Å². The van der Waals surface area contributed by atoms with Crippen molar-refractivity contribution < 1.29 is 24.2 Å². The molecule has 1 amide bonds. The summed E-state index contributed by atoms with van der Waals surface area (Å²) in [6, 6.07) is 12.2. The molecule has 0 aromatic heterocycles. The van der Waals surface area contributed by atoms with Gasteiger partial charge in [0.15, 0.2) is 0 Å². The number of fused-ring (bicyclic) bond motifs is 1. The van der Waals surface area contributed by atoms with Crippen LogP contribution < -0.4 is 9.47 Å². The van der Waals surface area contributed by atoms with Crippen LogP contribution >= 0.6 is 0 Å². The zero-order chi connectivity index (χ0) is 25.8. The molecule has 36 heavy (non-hydrogen) atoms. The fourth-order valence-electron chi connectivity index (χ4n) is 5.13. The van der Waals surface area contributed by atoms with Crippen LogP contribution in [0.25, 0.3) is 5.76 Å². The van der Waals surface area contributed by atoms with Gasteiger partial charge in [-0.05, 0) is 81.4 Å². The second kappa shape index (κ2) is 11.2. The fourth-order valence-corrected chi connectivity index (χ4v) is 5.13. The number of ketones is 1. The number of aliphatic hydroxyl groups is 1. The molecule has 7 nitrogen and oxygen atoms in total. The zero-order valence-electron chi connectivity index (χ0n) is 21.6. The molecule has 2 aliphatic heterocycles. The van der Waals surface area contributed by atoms with E-state index >= 15 is 0 Å². The minimum Gasteiger partial charge on any atom is -0.507 e. The zero-order valence-corrected chi connectivity index (χ0v) is 21.6. The second-order valence-electron chi connectivity index (χ2n) is 9.33. The number of aliphatic hydroxyl groups excluding tert-OH is 1. The summed E-state index contributed by atoms with van der Waals surface area (Å²) in [5.74, 6) is 0.0475. The van der Waals surface area contributed by atoms with Crippen molar-refractivity contribution in [1.29, 1.82) is 0 Å². The minimum absolute atomic E-state index is 0.0649. The summed E-state index contributed by atoms with van der Waals surface area (Å²) in [5.41, 5.74) is 2.35. The molecule has 192 valence electrons. The first kappa shape index (κ1) is 25.8. The van der Waals surface area contributed by atoms with E-state index in [0.717, 1.165) is 49.4 Å². The number of rotatable bonds is 10. The molecule has 1 N–H and O–H groups in total. The lowest BCUT2D eigenvalue weighted by Crippen LogP contribution is -2.33. The molecule has 0 unspecified atom stereocenters. The maximum atomic E-state index is 13.3. The number of Topliss-reactive ketones (excluding diaryl/α,β-unsaturated/α-hetero) is 1. The SMILES string of the molecule is CCOc1cccc([C@H]2C(=C(O)c3ccc4c(c3)C[C@@H](C)O4)C(=O)C(=O)N2CCCN(CC)CC)c1. The molecule has 0 saturated carbocycles. The van der Waals surface area contributed by atoms with Crippen LogP contribution in [-0.4, -0.2) is 65.5 Å². The smallest absolute Gasteiger partial charge is 0.295 e. The molecule has 1 fully saturated rings. The van der Waals surface area contributed by atoms with Gasteiger partial charge in [0.2, 0.25) is 0 Å². The lowest BCUT2D eigenvalue weighted by molar-refractivity contribution is -0.140. The largest absolute Gasteiger partial charge is 0.507 e. The Labute approximate surface area is 213 Å².